The average molecular weight is 550 g/mol. The van der Waals surface area contributed by atoms with Crippen molar-refractivity contribution < 1.29 is 0 Å². The zero-order valence-electron chi connectivity index (χ0n) is 23.9. The highest BCUT2D eigenvalue weighted by atomic mass is 14.6. The van der Waals surface area contributed by atoms with Crippen molar-refractivity contribution >= 4 is 38.9 Å². The minimum atomic E-state index is 0.821. The number of hydrogen-bond donors (Lipinski definition) is 1. The van der Waals surface area contributed by atoms with Crippen molar-refractivity contribution in [2.75, 3.05) is 5.73 Å². The molecule has 0 saturated carbocycles. The molecule has 0 bridgehead atoms. The van der Waals surface area contributed by atoms with Crippen molar-refractivity contribution in [3.63, 3.8) is 0 Å². The van der Waals surface area contributed by atoms with Gasteiger partial charge in [-0.2, -0.15) is 0 Å². The monoisotopic (exact) mass is 549 g/mol. The van der Waals surface area contributed by atoms with Gasteiger partial charge in [0.25, 0.3) is 0 Å². The molecule has 0 fully saturated rings. The molecule has 2 N–H and O–H groups in total. The van der Waals surface area contributed by atoms with Gasteiger partial charge in [-0.3, -0.25) is 0 Å². The highest BCUT2D eigenvalue weighted by Crippen LogP contribution is 2.43. The number of anilines is 1. The lowest BCUT2D eigenvalue weighted by atomic mass is 9.81. The molecule has 7 aromatic rings. The van der Waals surface area contributed by atoms with Gasteiger partial charge in [0.2, 0.25) is 0 Å². The Kier molecular flexibility index (Phi) is 6.16. The van der Waals surface area contributed by atoms with Crippen LogP contribution in [-0.4, -0.2) is 0 Å². The van der Waals surface area contributed by atoms with Gasteiger partial charge in [0.1, 0.15) is 0 Å². The highest BCUT2D eigenvalue weighted by Gasteiger charge is 2.21. The minimum absolute atomic E-state index is 0.821. The van der Waals surface area contributed by atoms with E-state index < -0.39 is 0 Å². The molecule has 1 nitrogen and oxygen atoms in total. The number of benzene rings is 7. The molecule has 1 heteroatoms. The van der Waals surface area contributed by atoms with Gasteiger partial charge >= 0.3 is 0 Å². The number of nitrogen functional groups attached to an aromatic ring is 1. The van der Waals surface area contributed by atoms with Gasteiger partial charge in [-0.1, -0.05) is 121 Å². The zero-order chi connectivity index (χ0) is 28.8. The van der Waals surface area contributed by atoms with Crippen LogP contribution in [0.2, 0.25) is 0 Å². The van der Waals surface area contributed by atoms with Crippen LogP contribution in [0.1, 0.15) is 23.1 Å². The summed E-state index contributed by atoms with van der Waals surface area (Å²) in [4.78, 5) is 0. The van der Waals surface area contributed by atoms with Crippen LogP contribution in [-0.2, 0) is 6.42 Å². The summed E-state index contributed by atoms with van der Waals surface area (Å²) >= 11 is 0. The predicted molar refractivity (Wildman–Crippen MR) is 185 cm³/mol. The Morgan fingerprint density at radius 1 is 0.395 bits per heavy atom. The van der Waals surface area contributed by atoms with Crippen LogP contribution in [0.5, 0.6) is 0 Å². The molecule has 43 heavy (non-hydrogen) atoms. The first-order valence-corrected chi connectivity index (χ1v) is 15.0. The molecule has 0 heterocycles. The maximum absolute atomic E-state index is 6.70. The van der Waals surface area contributed by atoms with Gasteiger partial charge in [-0.05, 0) is 115 Å². The van der Waals surface area contributed by atoms with Crippen molar-refractivity contribution in [1.29, 1.82) is 0 Å². The number of allylic oxidation sites excluding steroid dienone is 1. The number of fused-ring (bicyclic) bond motifs is 6. The molecule has 0 amide bonds. The molecule has 0 aliphatic heterocycles. The van der Waals surface area contributed by atoms with E-state index in [9.17, 15) is 0 Å². The Labute approximate surface area is 252 Å². The minimum Gasteiger partial charge on any atom is -0.398 e. The van der Waals surface area contributed by atoms with E-state index in [1.807, 2.05) is 0 Å². The molecule has 0 unspecified atom stereocenters. The number of rotatable bonds is 4. The topological polar surface area (TPSA) is 26.0 Å². The second-order valence-corrected chi connectivity index (χ2v) is 11.5. The number of hydrogen-bond acceptors (Lipinski definition) is 1. The van der Waals surface area contributed by atoms with Crippen LogP contribution in [0, 0.1) is 0 Å². The SMILES string of the molecule is Nc1cc2c(cc1-c1ccccc1)c1c(c3ccccc32)C=C(c2cc(-c3ccccc3)cc(-c3ccccc3)c2)CC1. The largest absolute Gasteiger partial charge is 0.398 e. The van der Waals surface area contributed by atoms with E-state index in [2.05, 4.69) is 152 Å². The Bertz CT molecular complexity index is 2100. The second-order valence-electron chi connectivity index (χ2n) is 11.5. The Morgan fingerprint density at radius 2 is 0.930 bits per heavy atom. The lowest BCUT2D eigenvalue weighted by Crippen LogP contribution is -2.03. The van der Waals surface area contributed by atoms with E-state index in [1.54, 1.807) is 0 Å². The molecule has 1 aliphatic rings. The molecule has 8 rings (SSSR count). The van der Waals surface area contributed by atoms with Crippen molar-refractivity contribution in [3.8, 4) is 33.4 Å². The third kappa shape index (κ3) is 4.51. The fraction of sp³-hybridized carbons (Fsp3) is 0.0476. The first kappa shape index (κ1) is 25.3. The van der Waals surface area contributed by atoms with Crippen molar-refractivity contribution in [2.45, 2.75) is 12.8 Å². The molecule has 0 radical (unpaired) electrons. The van der Waals surface area contributed by atoms with E-state index >= 15 is 0 Å². The second kappa shape index (κ2) is 10.5. The van der Waals surface area contributed by atoms with E-state index in [0.717, 1.165) is 29.7 Å². The maximum Gasteiger partial charge on any atom is 0.0400 e. The van der Waals surface area contributed by atoms with Gasteiger partial charge in [0, 0.05) is 11.3 Å². The molecular weight excluding hydrogens is 518 g/mol. The summed E-state index contributed by atoms with van der Waals surface area (Å²) in [5, 5.41) is 5.08. The van der Waals surface area contributed by atoms with Crippen LogP contribution in [0.4, 0.5) is 5.69 Å². The van der Waals surface area contributed by atoms with E-state index in [0.29, 0.717) is 0 Å². The highest BCUT2D eigenvalue weighted by molar-refractivity contribution is 6.16. The standard InChI is InChI=1S/C42H31N/c43-42-27-41-36-19-11-10-18-35(36)39-25-31(20-21-37(39)40(41)26-38(42)30-16-8-3-9-17-30)34-23-32(28-12-4-1-5-13-28)22-33(24-34)29-14-6-2-7-15-29/h1-19,22-27H,20-21,43H2. The Hall–Kier alpha value is -5.40. The van der Waals surface area contributed by atoms with Gasteiger partial charge in [-0.25, -0.2) is 0 Å². The third-order valence-electron chi connectivity index (χ3n) is 8.91. The number of aryl methyl sites for hydroxylation is 1. The molecule has 0 saturated heterocycles. The van der Waals surface area contributed by atoms with E-state index in [4.69, 9.17) is 5.73 Å². The molecule has 0 aromatic heterocycles. The van der Waals surface area contributed by atoms with E-state index in [1.165, 1.54) is 66.1 Å². The molecule has 0 spiro atoms. The van der Waals surface area contributed by atoms with E-state index in [-0.39, 0.29) is 0 Å². The molecule has 7 aromatic carbocycles. The molecular formula is C42H31N. The maximum atomic E-state index is 6.70. The predicted octanol–water partition coefficient (Wildman–Crippen LogP) is 11.1. The number of nitrogens with two attached hydrogens (primary N) is 1. The summed E-state index contributed by atoms with van der Waals surface area (Å²) in [5.74, 6) is 0. The summed E-state index contributed by atoms with van der Waals surface area (Å²) in [7, 11) is 0. The first-order chi connectivity index (χ1) is 21.2. The van der Waals surface area contributed by atoms with Crippen LogP contribution >= 0.6 is 0 Å². The summed E-state index contributed by atoms with van der Waals surface area (Å²) < 4.78 is 0. The van der Waals surface area contributed by atoms with Crippen molar-refractivity contribution in [2.24, 2.45) is 0 Å². The average Bonchev–Trinajstić information content (AvgIpc) is 3.09. The first-order valence-electron chi connectivity index (χ1n) is 15.0. The lowest BCUT2D eigenvalue weighted by molar-refractivity contribution is 1.02. The van der Waals surface area contributed by atoms with Gasteiger partial charge in [-0.15, -0.1) is 0 Å². The molecule has 0 atom stereocenters. The summed E-state index contributed by atoms with van der Waals surface area (Å²) in [6.07, 6.45) is 4.42. The van der Waals surface area contributed by atoms with Crippen molar-refractivity contribution in [1.82, 2.24) is 0 Å². The fourth-order valence-corrected chi connectivity index (χ4v) is 6.79. The van der Waals surface area contributed by atoms with Crippen LogP contribution in [0.15, 0.2) is 146 Å². The lowest BCUT2D eigenvalue weighted by Gasteiger charge is -2.23. The van der Waals surface area contributed by atoms with Crippen molar-refractivity contribution in [3.05, 3.63) is 162 Å². The summed E-state index contributed by atoms with van der Waals surface area (Å²) in [6.45, 7) is 0. The van der Waals surface area contributed by atoms with Gasteiger partial charge in [0.05, 0.1) is 0 Å². The zero-order valence-corrected chi connectivity index (χ0v) is 23.9. The normalized spacial score (nSPS) is 12.7. The smallest absolute Gasteiger partial charge is 0.0400 e. The molecule has 1 aliphatic carbocycles. The fourth-order valence-electron chi connectivity index (χ4n) is 6.79. The van der Waals surface area contributed by atoms with Crippen LogP contribution < -0.4 is 5.73 Å². The van der Waals surface area contributed by atoms with Crippen LogP contribution in [0.3, 0.4) is 0 Å². The summed E-state index contributed by atoms with van der Waals surface area (Å²) in [6, 6.07) is 52.3. The Morgan fingerprint density at radius 3 is 1.56 bits per heavy atom. The Balaban J connectivity index is 1.35. The molecule has 204 valence electrons. The van der Waals surface area contributed by atoms with Crippen LogP contribution in [0.25, 0.3) is 66.6 Å². The van der Waals surface area contributed by atoms with Gasteiger partial charge < -0.3 is 5.73 Å². The van der Waals surface area contributed by atoms with Gasteiger partial charge in [0.15, 0.2) is 0 Å². The summed E-state index contributed by atoms with van der Waals surface area (Å²) in [5.41, 5.74) is 20.2. The third-order valence-corrected chi connectivity index (χ3v) is 8.91. The quantitative estimate of drug-likeness (QED) is 0.171.